The van der Waals surface area contributed by atoms with Gasteiger partial charge in [0.1, 0.15) is 11.9 Å². The topological polar surface area (TPSA) is 80.3 Å². The lowest BCUT2D eigenvalue weighted by molar-refractivity contribution is -0.0281. The van der Waals surface area contributed by atoms with Gasteiger partial charge in [-0.3, -0.25) is 13.9 Å². The quantitative estimate of drug-likeness (QED) is 0.696. The van der Waals surface area contributed by atoms with Crippen LogP contribution in [0, 0.1) is 11.3 Å². The number of aromatic nitrogens is 2. The van der Waals surface area contributed by atoms with Crippen molar-refractivity contribution in [2.24, 2.45) is 14.1 Å². The largest absolute Gasteiger partial charge is 0.372 e. The number of hydrogen-bond donors (Lipinski definition) is 0. The first-order chi connectivity index (χ1) is 9.28. The average molecular weight is 278 g/mol. The van der Waals surface area contributed by atoms with Gasteiger partial charge in [-0.2, -0.15) is 5.26 Å². The lowest BCUT2D eigenvalue weighted by Crippen LogP contribution is -2.51. The SMILES string of the molecule is Cn1c(N2CCOC(C)(C)C2)c(C#N)c(=O)n(C)c1=O. The molecule has 0 saturated carbocycles. The van der Waals surface area contributed by atoms with E-state index in [1.165, 1.54) is 11.6 Å². The number of ether oxygens (including phenoxy) is 1. The van der Waals surface area contributed by atoms with Crippen LogP contribution >= 0.6 is 0 Å². The Kier molecular flexibility index (Phi) is 3.44. The average Bonchev–Trinajstić information content (AvgIpc) is 2.39. The lowest BCUT2D eigenvalue weighted by Gasteiger charge is -2.40. The third-order valence-corrected chi connectivity index (χ3v) is 3.47. The first-order valence-corrected chi connectivity index (χ1v) is 6.37. The highest BCUT2D eigenvalue weighted by atomic mass is 16.5. The van der Waals surface area contributed by atoms with E-state index in [1.54, 1.807) is 7.05 Å². The monoisotopic (exact) mass is 278 g/mol. The summed E-state index contributed by atoms with van der Waals surface area (Å²) in [7, 11) is 2.94. The summed E-state index contributed by atoms with van der Waals surface area (Å²) in [4.78, 5) is 26.0. The summed E-state index contributed by atoms with van der Waals surface area (Å²) in [6.07, 6.45) is 0. The maximum atomic E-state index is 12.1. The van der Waals surface area contributed by atoms with Crippen molar-refractivity contribution in [2.75, 3.05) is 24.6 Å². The Morgan fingerprint density at radius 1 is 1.25 bits per heavy atom. The van der Waals surface area contributed by atoms with E-state index < -0.39 is 11.2 Å². The fourth-order valence-corrected chi connectivity index (χ4v) is 2.50. The van der Waals surface area contributed by atoms with E-state index in [0.717, 1.165) is 4.57 Å². The Hall–Kier alpha value is -2.07. The molecule has 0 aliphatic carbocycles. The van der Waals surface area contributed by atoms with Crippen molar-refractivity contribution in [3.05, 3.63) is 26.4 Å². The van der Waals surface area contributed by atoms with Gasteiger partial charge in [0, 0.05) is 27.2 Å². The molecule has 1 aliphatic heterocycles. The maximum Gasteiger partial charge on any atom is 0.332 e. The summed E-state index contributed by atoms with van der Waals surface area (Å²) in [5, 5.41) is 9.26. The second-order valence-electron chi connectivity index (χ2n) is 5.55. The van der Waals surface area contributed by atoms with E-state index in [2.05, 4.69) is 0 Å². The molecule has 7 heteroatoms. The molecule has 1 saturated heterocycles. The van der Waals surface area contributed by atoms with Crippen molar-refractivity contribution < 1.29 is 4.74 Å². The molecule has 0 aromatic carbocycles. The summed E-state index contributed by atoms with van der Waals surface area (Å²) in [6.45, 7) is 5.41. The van der Waals surface area contributed by atoms with Gasteiger partial charge in [0.05, 0.1) is 12.2 Å². The van der Waals surface area contributed by atoms with Crippen molar-refractivity contribution in [3.8, 4) is 6.07 Å². The molecule has 20 heavy (non-hydrogen) atoms. The maximum absolute atomic E-state index is 12.1. The van der Waals surface area contributed by atoms with Gasteiger partial charge in [-0.15, -0.1) is 0 Å². The molecule has 7 nitrogen and oxygen atoms in total. The van der Waals surface area contributed by atoms with Crippen LogP contribution in [0.2, 0.25) is 0 Å². The van der Waals surface area contributed by atoms with Crippen molar-refractivity contribution in [2.45, 2.75) is 19.4 Å². The van der Waals surface area contributed by atoms with Gasteiger partial charge >= 0.3 is 5.69 Å². The van der Waals surface area contributed by atoms with E-state index in [0.29, 0.717) is 25.5 Å². The fraction of sp³-hybridized carbons (Fsp3) is 0.615. The minimum absolute atomic E-state index is 0.00713. The molecule has 0 amide bonds. The Labute approximate surface area is 116 Å². The van der Waals surface area contributed by atoms with Gasteiger partial charge in [-0.25, -0.2) is 4.79 Å². The molecule has 0 atom stereocenters. The lowest BCUT2D eigenvalue weighted by atomic mass is 10.1. The van der Waals surface area contributed by atoms with E-state index >= 15 is 0 Å². The smallest absolute Gasteiger partial charge is 0.332 e. The summed E-state index contributed by atoms with van der Waals surface area (Å²) in [6, 6.07) is 1.92. The van der Waals surface area contributed by atoms with Crippen molar-refractivity contribution in [1.82, 2.24) is 9.13 Å². The second-order valence-corrected chi connectivity index (χ2v) is 5.55. The molecule has 1 fully saturated rings. The molecule has 0 bridgehead atoms. The number of nitrogens with zero attached hydrogens (tertiary/aromatic N) is 4. The Bertz CT molecular complexity index is 693. The summed E-state index contributed by atoms with van der Waals surface area (Å²) >= 11 is 0. The van der Waals surface area contributed by atoms with Crippen LogP contribution in [0.15, 0.2) is 9.59 Å². The second kappa shape index (κ2) is 4.80. The zero-order valence-electron chi connectivity index (χ0n) is 12.1. The first kappa shape index (κ1) is 14.3. The number of rotatable bonds is 1. The van der Waals surface area contributed by atoms with E-state index in [9.17, 15) is 14.9 Å². The van der Waals surface area contributed by atoms with Gasteiger partial charge in [-0.05, 0) is 13.8 Å². The van der Waals surface area contributed by atoms with Gasteiger partial charge < -0.3 is 9.64 Å². The van der Waals surface area contributed by atoms with Crippen molar-refractivity contribution in [3.63, 3.8) is 0 Å². The van der Waals surface area contributed by atoms with Gasteiger partial charge in [0.2, 0.25) is 0 Å². The molecule has 0 unspecified atom stereocenters. The Morgan fingerprint density at radius 2 is 1.90 bits per heavy atom. The standard InChI is InChI=1S/C13H18N4O3/c1-13(2)8-17(5-6-20-13)10-9(7-14)11(18)16(4)12(19)15(10)3/h5-6,8H2,1-4H3. The molecular weight excluding hydrogens is 260 g/mol. The van der Waals surface area contributed by atoms with Crippen LogP contribution in [0.25, 0.3) is 0 Å². The molecule has 0 N–H and O–H groups in total. The summed E-state index contributed by atoms with van der Waals surface area (Å²) < 4.78 is 7.92. The highest BCUT2D eigenvalue weighted by Crippen LogP contribution is 2.23. The van der Waals surface area contributed by atoms with Crippen molar-refractivity contribution in [1.29, 1.82) is 5.26 Å². The van der Waals surface area contributed by atoms with Crippen LogP contribution in [-0.2, 0) is 18.8 Å². The highest BCUT2D eigenvalue weighted by Gasteiger charge is 2.31. The van der Waals surface area contributed by atoms with E-state index in [1.807, 2.05) is 24.8 Å². The van der Waals surface area contributed by atoms with Crippen LogP contribution in [0.3, 0.4) is 0 Å². The van der Waals surface area contributed by atoms with Gasteiger partial charge in [0.25, 0.3) is 5.56 Å². The minimum atomic E-state index is -0.560. The predicted octanol–water partition coefficient (Wildman–Crippen LogP) is -0.429. The van der Waals surface area contributed by atoms with Crippen LogP contribution in [0.1, 0.15) is 19.4 Å². The summed E-state index contributed by atoms with van der Waals surface area (Å²) in [5.74, 6) is 0.372. The third-order valence-electron chi connectivity index (χ3n) is 3.47. The molecule has 2 rings (SSSR count). The van der Waals surface area contributed by atoms with Crippen LogP contribution < -0.4 is 16.1 Å². The highest BCUT2D eigenvalue weighted by molar-refractivity contribution is 5.54. The molecule has 1 aliphatic rings. The first-order valence-electron chi connectivity index (χ1n) is 6.37. The van der Waals surface area contributed by atoms with Gasteiger partial charge in [0.15, 0.2) is 5.56 Å². The minimum Gasteiger partial charge on any atom is -0.372 e. The number of nitriles is 1. The van der Waals surface area contributed by atoms with E-state index in [-0.39, 0.29) is 11.2 Å². The van der Waals surface area contributed by atoms with Crippen molar-refractivity contribution >= 4 is 5.82 Å². The number of anilines is 1. The van der Waals surface area contributed by atoms with Crippen LogP contribution in [-0.4, -0.2) is 34.4 Å². The zero-order chi connectivity index (χ0) is 15.1. The normalized spacial score (nSPS) is 17.9. The Balaban J connectivity index is 2.66. The number of morpholine rings is 1. The van der Waals surface area contributed by atoms with Gasteiger partial charge in [-0.1, -0.05) is 0 Å². The molecule has 0 radical (unpaired) electrons. The van der Waals surface area contributed by atoms with Crippen LogP contribution in [0.4, 0.5) is 5.82 Å². The molecule has 108 valence electrons. The molecule has 1 aromatic rings. The molecule has 2 heterocycles. The van der Waals surface area contributed by atoms with E-state index in [4.69, 9.17) is 4.74 Å². The molecule has 0 spiro atoms. The molecule has 1 aromatic heterocycles. The third kappa shape index (κ3) is 2.23. The fourth-order valence-electron chi connectivity index (χ4n) is 2.50. The van der Waals surface area contributed by atoms with Crippen LogP contribution in [0.5, 0.6) is 0 Å². The Morgan fingerprint density at radius 3 is 2.45 bits per heavy atom. The predicted molar refractivity (Wildman–Crippen MR) is 73.9 cm³/mol. The summed E-state index contributed by atoms with van der Waals surface area (Å²) in [5.41, 5.74) is -1.39. The zero-order valence-corrected chi connectivity index (χ0v) is 12.1. The molecular formula is C13H18N4O3. The number of hydrogen-bond acceptors (Lipinski definition) is 5.